The zero-order valence-electron chi connectivity index (χ0n) is 9.30. The van der Waals surface area contributed by atoms with Crippen LogP contribution < -0.4 is 5.32 Å². The summed E-state index contributed by atoms with van der Waals surface area (Å²) in [6, 6.07) is 2.21. The fourth-order valence-electron chi connectivity index (χ4n) is 0.942. The van der Waals surface area contributed by atoms with Crippen molar-refractivity contribution in [1.82, 2.24) is 5.32 Å². The van der Waals surface area contributed by atoms with Crippen LogP contribution >= 0.6 is 0 Å². The van der Waals surface area contributed by atoms with Crippen molar-refractivity contribution in [1.29, 1.82) is 5.26 Å². The van der Waals surface area contributed by atoms with Crippen LogP contribution in [0.3, 0.4) is 0 Å². The van der Waals surface area contributed by atoms with Gasteiger partial charge < -0.3 is 9.47 Å². The molecule has 0 aliphatic heterocycles. The minimum Gasteiger partial charge on any atom is -0.382 e. The van der Waals surface area contributed by atoms with Gasteiger partial charge in [0.2, 0.25) is 0 Å². The van der Waals surface area contributed by atoms with Gasteiger partial charge in [-0.3, -0.25) is 5.32 Å². The van der Waals surface area contributed by atoms with Crippen molar-refractivity contribution in [2.45, 2.75) is 25.8 Å². The molecule has 0 radical (unpaired) electrons. The van der Waals surface area contributed by atoms with E-state index in [1.54, 1.807) is 7.11 Å². The summed E-state index contributed by atoms with van der Waals surface area (Å²) in [6.07, 6.45) is 1.01. The van der Waals surface area contributed by atoms with E-state index in [0.717, 1.165) is 13.0 Å². The molecule has 0 aliphatic rings. The van der Waals surface area contributed by atoms with E-state index >= 15 is 0 Å². The third-order valence-electron chi connectivity index (χ3n) is 1.83. The third kappa shape index (κ3) is 5.92. The van der Waals surface area contributed by atoms with Crippen LogP contribution in [0, 0.1) is 11.3 Å². The summed E-state index contributed by atoms with van der Waals surface area (Å²) in [7, 11) is 1.63. The van der Waals surface area contributed by atoms with E-state index in [0.29, 0.717) is 19.8 Å². The van der Waals surface area contributed by atoms with Crippen LogP contribution in [-0.2, 0) is 9.47 Å². The van der Waals surface area contributed by atoms with Gasteiger partial charge in [0.15, 0.2) is 0 Å². The van der Waals surface area contributed by atoms with Crippen LogP contribution in [0.5, 0.6) is 0 Å². The molecule has 0 aliphatic carbocycles. The molecule has 0 spiro atoms. The Morgan fingerprint density at radius 1 is 1.43 bits per heavy atom. The van der Waals surface area contributed by atoms with E-state index < -0.39 is 5.54 Å². The van der Waals surface area contributed by atoms with Gasteiger partial charge in [0.25, 0.3) is 0 Å². The molecule has 1 unspecified atom stereocenters. The Kier molecular flexibility index (Phi) is 7.40. The fourth-order valence-corrected chi connectivity index (χ4v) is 0.942. The molecule has 0 bridgehead atoms. The topological polar surface area (TPSA) is 54.3 Å². The smallest absolute Gasteiger partial charge is 0.127 e. The molecule has 0 aromatic carbocycles. The summed E-state index contributed by atoms with van der Waals surface area (Å²) in [5, 5.41) is 12.1. The average molecular weight is 200 g/mol. The first kappa shape index (κ1) is 13.4. The molecule has 0 amide bonds. The van der Waals surface area contributed by atoms with Crippen molar-refractivity contribution in [2.24, 2.45) is 0 Å². The SMILES string of the molecule is CCCNC(C)(C#N)COCCOC. The summed E-state index contributed by atoms with van der Waals surface area (Å²) in [5.41, 5.74) is -0.580. The number of hydrogen-bond acceptors (Lipinski definition) is 4. The highest BCUT2D eigenvalue weighted by Gasteiger charge is 2.22. The molecule has 0 aromatic heterocycles. The van der Waals surface area contributed by atoms with Crippen LogP contribution in [0.25, 0.3) is 0 Å². The second-order valence-corrected chi connectivity index (χ2v) is 3.42. The zero-order valence-corrected chi connectivity index (χ0v) is 9.30. The van der Waals surface area contributed by atoms with E-state index in [-0.39, 0.29) is 0 Å². The summed E-state index contributed by atoms with van der Waals surface area (Å²) in [5.74, 6) is 0. The second kappa shape index (κ2) is 7.74. The molecule has 82 valence electrons. The van der Waals surface area contributed by atoms with Gasteiger partial charge in [-0.05, 0) is 19.9 Å². The van der Waals surface area contributed by atoms with Crippen LogP contribution in [0.1, 0.15) is 20.3 Å². The largest absolute Gasteiger partial charge is 0.382 e. The third-order valence-corrected chi connectivity index (χ3v) is 1.83. The number of methoxy groups -OCH3 is 1. The van der Waals surface area contributed by atoms with E-state index in [1.807, 2.05) is 6.92 Å². The Bertz CT molecular complexity index is 179. The predicted octanol–water partition coefficient (Wildman–Crippen LogP) is 0.931. The number of ether oxygens (including phenoxy) is 2. The van der Waals surface area contributed by atoms with Crippen molar-refractivity contribution >= 4 is 0 Å². The summed E-state index contributed by atoms with van der Waals surface area (Å²) < 4.78 is 10.2. The Balaban J connectivity index is 3.70. The predicted molar refractivity (Wildman–Crippen MR) is 55.0 cm³/mol. The van der Waals surface area contributed by atoms with Crippen molar-refractivity contribution < 1.29 is 9.47 Å². The lowest BCUT2D eigenvalue weighted by molar-refractivity contribution is 0.0496. The normalized spacial score (nSPS) is 14.7. The molecule has 4 nitrogen and oxygen atoms in total. The maximum absolute atomic E-state index is 8.94. The lowest BCUT2D eigenvalue weighted by Crippen LogP contribution is -2.45. The maximum Gasteiger partial charge on any atom is 0.127 e. The number of rotatable bonds is 8. The Labute approximate surface area is 86.2 Å². The standard InChI is InChI=1S/C10H20N2O2/c1-4-5-12-10(2,8-11)9-14-7-6-13-3/h12H,4-7,9H2,1-3H3. The van der Waals surface area contributed by atoms with E-state index in [1.165, 1.54) is 0 Å². The van der Waals surface area contributed by atoms with E-state index in [4.69, 9.17) is 14.7 Å². The van der Waals surface area contributed by atoms with Gasteiger partial charge in [-0.25, -0.2) is 0 Å². The second-order valence-electron chi connectivity index (χ2n) is 3.42. The Morgan fingerprint density at radius 3 is 2.64 bits per heavy atom. The number of hydrogen-bond donors (Lipinski definition) is 1. The van der Waals surface area contributed by atoms with Crippen LogP contribution in [-0.4, -0.2) is 39.0 Å². The van der Waals surface area contributed by atoms with Crippen molar-refractivity contribution in [3.63, 3.8) is 0 Å². The van der Waals surface area contributed by atoms with Crippen LogP contribution in [0.2, 0.25) is 0 Å². The highest BCUT2D eigenvalue weighted by atomic mass is 16.5. The quantitative estimate of drug-likeness (QED) is 0.592. The molecule has 14 heavy (non-hydrogen) atoms. The molecule has 1 N–H and O–H groups in total. The van der Waals surface area contributed by atoms with Gasteiger partial charge >= 0.3 is 0 Å². The number of nitriles is 1. The van der Waals surface area contributed by atoms with Crippen LogP contribution in [0.4, 0.5) is 0 Å². The Morgan fingerprint density at radius 2 is 2.14 bits per heavy atom. The minimum atomic E-state index is -0.580. The summed E-state index contributed by atoms with van der Waals surface area (Å²) in [6.45, 7) is 6.23. The van der Waals surface area contributed by atoms with Gasteiger partial charge in [0.05, 0.1) is 25.9 Å². The minimum absolute atomic E-state index is 0.396. The summed E-state index contributed by atoms with van der Waals surface area (Å²) >= 11 is 0. The number of nitrogens with one attached hydrogen (secondary N) is 1. The molecular formula is C10H20N2O2. The molecule has 0 fully saturated rings. The van der Waals surface area contributed by atoms with E-state index in [2.05, 4.69) is 18.3 Å². The molecule has 0 rings (SSSR count). The summed E-state index contributed by atoms with van der Waals surface area (Å²) in [4.78, 5) is 0. The lowest BCUT2D eigenvalue weighted by Gasteiger charge is -2.22. The molecule has 1 atom stereocenters. The average Bonchev–Trinajstić information content (AvgIpc) is 2.22. The van der Waals surface area contributed by atoms with E-state index in [9.17, 15) is 0 Å². The molecule has 0 aromatic rings. The number of nitrogens with zero attached hydrogens (tertiary/aromatic N) is 1. The molecule has 0 heterocycles. The van der Waals surface area contributed by atoms with Gasteiger partial charge in [0, 0.05) is 7.11 Å². The van der Waals surface area contributed by atoms with Gasteiger partial charge in [-0.15, -0.1) is 0 Å². The first-order chi connectivity index (χ1) is 6.68. The lowest BCUT2D eigenvalue weighted by atomic mass is 10.1. The highest BCUT2D eigenvalue weighted by Crippen LogP contribution is 2.02. The highest BCUT2D eigenvalue weighted by molar-refractivity contribution is 5.03. The van der Waals surface area contributed by atoms with Gasteiger partial charge in [-0.1, -0.05) is 6.92 Å². The molecule has 0 saturated heterocycles. The van der Waals surface area contributed by atoms with Gasteiger partial charge in [0.1, 0.15) is 5.54 Å². The van der Waals surface area contributed by atoms with Crippen molar-refractivity contribution in [2.75, 3.05) is 33.5 Å². The molecule has 0 saturated carbocycles. The Hall–Kier alpha value is -0.630. The first-order valence-corrected chi connectivity index (χ1v) is 4.91. The molecular weight excluding hydrogens is 180 g/mol. The zero-order chi connectivity index (χ0) is 10.9. The van der Waals surface area contributed by atoms with Gasteiger partial charge in [-0.2, -0.15) is 5.26 Å². The fraction of sp³-hybridized carbons (Fsp3) is 0.900. The van der Waals surface area contributed by atoms with Crippen molar-refractivity contribution in [3.05, 3.63) is 0 Å². The molecule has 4 heteroatoms. The van der Waals surface area contributed by atoms with Crippen LogP contribution in [0.15, 0.2) is 0 Å². The monoisotopic (exact) mass is 200 g/mol. The van der Waals surface area contributed by atoms with Crippen molar-refractivity contribution in [3.8, 4) is 6.07 Å². The first-order valence-electron chi connectivity index (χ1n) is 4.91. The maximum atomic E-state index is 8.94.